The number of nitrogens with one attached hydrogen (secondary N) is 1. The van der Waals surface area contributed by atoms with Crippen molar-refractivity contribution in [3.05, 3.63) is 34.2 Å². The van der Waals surface area contributed by atoms with Crippen LogP contribution in [0.4, 0.5) is 4.79 Å². The summed E-state index contributed by atoms with van der Waals surface area (Å²) in [4.78, 5) is 35.3. The Bertz CT molecular complexity index is 735. The summed E-state index contributed by atoms with van der Waals surface area (Å²) in [6, 6.07) is 5.35. The second-order valence-electron chi connectivity index (χ2n) is 6.56. The number of carbonyl (C=O) groups excluding carboxylic acids is 3. The van der Waals surface area contributed by atoms with Crippen LogP contribution in [0, 0.1) is 12.8 Å². The van der Waals surface area contributed by atoms with Crippen LogP contribution in [0.1, 0.15) is 49.7 Å². The summed E-state index contributed by atoms with van der Waals surface area (Å²) >= 11 is 0.885. The highest BCUT2D eigenvalue weighted by molar-refractivity contribution is 8.18. The molecule has 1 saturated carbocycles. The highest BCUT2D eigenvalue weighted by Crippen LogP contribution is 2.29. The van der Waals surface area contributed by atoms with Gasteiger partial charge in [0, 0.05) is 6.42 Å². The molecule has 1 aliphatic heterocycles. The van der Waals surface area contributed by atoms with Crippen LogP contribution in [0.3, 0.4) is 0 Å². The van der Waals surface area contributed by atoms with Gasteiger partial charge >= 0.3 is 5.97 Å². The smallest absolute Gasteiger partial charge is 0.311 e. The number of hydrogen-bond donors (Lipinski definition) is 1. The maximum absolute atomic E-state index is 12.1. The molecule has 0 spiro atoms. The second kappa shape index (κ2) is 7.87. The van der Waals surface area contributed by atoms with Crippen molar-refractivity contribution in [2.24, 2.45) is 5.92 Å². The van der Waals surface area contributed by atoms with Gasteiger partial charge < -0.3 is 4.74 Å². The molecule has 2 aliphatic rings. The minimum atomic E-state index is -0.379. The topological polar surface area (TPSA) is 72.5 Å². The van der Waals surface area contributed by atoms with Crippen molar-refractivity contribution < 1.29 is 19.1 Å². The Kier molecular flexibility index (Phi) is 5.58. The second-order valence-corrected chi connectivity index (χ2v) is 7.57. The van der Waals surface area contributed by atoms with Gasteiger partial charge in [0.25, 0.3) is 11.1 Å². The van der Waals surface area contributed by atoms with Crippen molar-refractivity contribution in [3.63, 3.8) is 0 Å². The Balaban J connectivity index is 1.63. The van der Waals surface area contributed by atoms with Crippen molar-refractivity contribution in [2.45, 2.75) is 45.4 Å². The molecule has 1 aliphatic carbocycles. The number of ether oxygens (including phenoxy) is 1. The van der Waals surface area contributed by atoms with Crippen molar-refractivity contribution in [2.75, 3.05) is 0 Å². The molecule has 1 heterocycles. The number of benzene rings is 1. The van der Waals surface area contributed by atoms with Crippen LogP contribution >= 0.6 is 11.8 Å². The molecule has 0 atom stereocenters. The van der Waals surface area contributed by atoms with E-state index in [1.807, 2.05) is 13.0 Å². The third kappa shape index (κ3) is 4.72. The number of rotatable bonds is 4. The predicted molar refractivity (Wildman–Crippen MR) is 97.1 cm³/mol. The Labute approximate surface area is 151 Å². The van der Waals surface area contributed by atoms with Gasteiger partial charge in [0.15, 0.2) is 0 Å². The van der Waals surface area contributed by atoms with E-state index in [9.17, 15) is 14.4 Å². The first kappa shape index (κ1) is 17.7. The van der Waals surface area contributed by atoms with Crippen LogP contribution in [0.2, 0.25) is 0 Å². The first-order valence-electron chi connectivity index (χ1n) is 8.57. The fourth-order valence-corrected chi connectivity index (χ4v) is 3.92. The van der Waals surface area contributed by atoms with Gasteiger partial charge in [0.05, 0.1) is 4.91 Å². The monoisotopic (exact) mass is 359 g/mol. The van der Waals surface area contributed by atoms with Gasteiger partial charge in [-0.1, -0.05) is 25.3 Å². The van der Waals surface area contributed by atoms with Crippen LogP contribution in [-0.2, 0) is 9.59 Å². The number of carbonyl (C=O) groups is 3. The lowest BCUT2D eigenvalue weighted by Crippen LogP contribution is -2.17. The summed E-state index contributed by atoms with van der Waals surface area (Å²) in [5, 5.41) is 1.87. The van der Waals surface area contributed by atoms with Crippen molar-refractivity contribution in [1.82, 2.24) is 5.32 Å². The van der Waals surface area contributed by atoms with E-state index in [1.54, 1.807) is 18.2 Å². The van der Waals surface area contributed by atoms with Crippen LogP contribution in [0.25, 0.3) is 6.08 Å². The third-order valence-electron chi connectivity index (χ3n) is 4.54. The summed E-state index contributed by atoms with van der Waals surface area (Å²) in [6.45, 7) is 1.86. The quantitative estimate of drug-likeness (QED) is 0.496. The molecule has 1 N–H and O–H groups in total. The van der Waals surface area contributed by atoms with E-state index in [2.05, 4.69) is 5.32 Å². The van der Waals surface area contributed by atoms with E-state index in [0.717, 1.165) is 35.7 Å². The summed E-state index contributed by atoms with van der Waals surface area (Å²) < 4.78 is 5.51. The molecular weight excluding hydrogens is 338 g/mol. The molecule has 0 aromatic heterocycles. The molecular formula is C19H21NO4S. The number of hydrogen-bond acceptors (Lipinski definition) is 5. The first-order chi connectivity index (χ1) is 12.0. The standard InChI is InChI=1S/C19H21NO4S/c1-12-9-14(10-16-18(22)20-19(23)25-16)7-8-15(12)24-17(21)11-13-5-3-2-4-6-13/h7-10,13H,2-6,11H2,1H3,(H,20,22,23)/b16-10-. The SMILES string of the molecule is Cc1cc(/C=C2\SC(=O)NC2=O)ccc1OC(=O)CC1CCCCC1. The van der Waals surface area contributed by atoms with Crippen LogP contribution in [0.5, 0.6) is 5.75 Å². The normalized spacial score (nSPS) is 20.0. The van der Waals surface area contributed by atoms with E-state index < -0.39 is 0 Å². The van der Waals surface area contributed by atoms with Crippen LogP contribution < -0.4 is 10.1 Å². The largest absolute Gasteiger partial charge is 0.426 e. The molecule has 1 aromatic rings. The number of aryl methyl sites for hydroxylation is 1. The van der Waals surface area contributed by atoms with Gasteiger partial charge in [-0.15, -0.1) is 0 Å². The van der Waals surface area contributed by atoms with Gasteiger partial charge in [0.1, 0.15) is 5.75 Å². The van der Waals surface area contributed by atoms with E-state index >= 15 is 0 Å². The molecule has 3 rings (SSSR count). The zero-order valence-corrected chi connectivity index (χ0v) is 15.0. The minimum absolute atomic E-state index is 0.183. The van der Waals surface area contributed by atoms with Gasteiger partial charge in [0.2, 0.25) is 0 Å². The van der Waals surface area contributed by atoms with Crippen LogP contribution in [0.15, 0.2) is 23.1 Å². The lowest BCUT2D eigenvalue weighted by molar-refractivity contribution is -0.135. The van der Waals surface area contributed by atoms with E-state index in [0.29, 0.717) is 23.0 Å². The number of amides is 2. The Morgan fingerprint density at radius 3 is 2.68 bits per heavy atom. The van der Waals surface area contributed by atoms with Crippen molar-refractivity contribution in [3.8, 4) is 5.75 Å². The zero-order valence-electron chi connectivity index (χ0n) is 14.2. The van der Waals surface area contributed by atoms with Gasteiger partial charge in [-0.3, -0.25) is 19.7 Å². The summed E-state index contributed by atoms with van der Waals surface area (Å²) in [5.41, 5.74) is 1.61. The third-order valence-corrected chi connectivity index (χ3v) is 5.35. The minimum Gasteiger partial charge on any atom is -0.426 e. The van der Waals surface area contributed by atoms with E-state index in [-0.39, 0.29) is 17.1 Å². The van der Waals surface area contributed by atoms with Gasteiger partial charge in [-0.2, -0.15) is 0 Å². The fourth-order valence-electron chi connectivity index (χ4n) is 3.24. The molecule has 0 radical (unpaired) electrons. The van der Waals surface area contributed by atoms with Crippen molar-refractivity contribution >= 4 is 35.0 Å². The molecule has 0 bridgehead atoms. The first-order valence-corrected chi connectivity index (χ1v) is 9.39. The number of esters is 1. The predicted octanol–water partition coefficient (Wildman–Crippen LogP) is 4.19. The van der Waals surface area contributed by atoms with E-state index in [4.69, 9.17) is 4.74 Å². The molecule has 5 nitrogen and oxygen atoms in total. The molecule has 6 heteroatoms. The molecule has 0 unspecified atom stereocenters. The maximum atomic E-state index is 12.1. The highest BCUT2D eigenvalue weighted by atomic mass is 32.2. The average molecular weight is 359 g/mol. The molecule has 2 amide bonds. The summed E-state index contributed by atoms with van der Waals surface area (Å²) in [7, 11) is 0. The molecule has 1 aromatic carbocycles. The van der Waals surface area contributed by atoms with Gasteiger partial charge in [-0.25, -0.2) is 0 Å². The lowest BCUT2D eigenvalue weighted by atomic mass is 9.87. The molecule has 132 valence electrons. The fraction of sp³-hybridized carbons (Fsp3) is 0.421. The van der Waals surface area contributed by atoms with Gasteiger partial charge in [-0.05, 0) is 66.8 Å². The number of imide groups is 1. The highest BCUT2D eigenvalue weighted by Gasteiger charge is 2.25. The zero-order chi connectivity index (χ0) is 17.8. The van der Waals surface area contributed by atoms with Crippen LogP contribution in [-0.4, -0.2) is 17.1 Å². The molecule has 25 heavy (non-hydrogen) atoms. The van der Waals surface area contributed by atoms with E-state index in [1.165, 1.54) is 19.3 Å². The Morgan fingerprint density at radius 2 is 2.04 bits per heavy atom. The molecule has 2 fully saturated rings. The average Bonchev–Trinajstić information content (AvgIpc) is 2.88. The molecule has 1 saturated heterocycles. The summed E-state index contributed by atoms with van der Waals surface area (Å²) in [6.07, 6.45) is 8.03. The Morgan fingerprint density at radius 1 is 1.28 bits per heavy atom. The number of thioether (sulfide) groups is 1. The Hall–Kier alpha value is -2.08. The maximum Gasteiger partial charge on any atom is 0.311 e. The van der Waals surface area contributed by atoms with Crippen molar-refractivity contribution in [1.29, 1.82) is 0 Å². The summed E-state index contributed by atoms with van der Waals surface area (Å²) in [5.74, 6) is 0.427. The lowest BCUT2D eigenvalue weighted by Gasteiger charge is -2.20.